The molecule has 0 saturated carbocycles. The second-order valence-electron chi connectivity index (χ2n) is 7.37. The van der Waals surface area contributed by atoms with Crippen molar-refractivity contribution in [3.8, 4) is 11.4 Å². The average Bonchev–Trinajstić information content (AvgIpc) is 3.49. The van der Waals surface area contributed by atoms with Crippen LogP contribution < -0.4 is 15.5 Å². The van der Waals surface area contributed by atoms with Gasteiger partial charge in [-0.05, 0) is 37.6 Å². The lowest BCUT2D eigenvalue weighted by Gasteiger charge is -2.37. The fourth-order valence-corrected chi connectivity index (χ4v) is 4.00. The Bertz CT molecular complexity index is 1260. The van der Waals surface area contributed by atoms with E-state index in [9.17, 15) is 0 Å². The first kappa shape index (κ1) is 19.7. The fraction of sp³-hybridized carbons (Fsp3) is 0.227. The summed E-state index contributed by atoms with van der Waals surface area (Å²) in [5.41, 5.74) is 2.81. The van der Waals surface area contributed by atoms with Gasteiger partial charge in [-0.25, -0.2) is 9.67 Å². The number of hydrogen-bond acceptors (Lipinski definition) is 8. The van der Waals surface area contributed by atoms with Crippen LogP contribution in [0.5, 0.6) is 0 Å². The summed E-state index contributed by atoms with van der Waals surface area (Å²) in [7, 11) is 1.84. The number of rotatable bonds is 6. The summed E-state index contributed by atoms with van der Waals surface area (Å²) in [4.78, 5) is 11.6. The molecule has 0 amide bonds. The molecule has 2 N–H and O–H groups in total. The van der Waals surface area contributed by atoms with Crippen molar-refractivity contribution >= 4 is 17.5 Å². The quantitative estimate of drug-likeness (QED) is 0.483. The van der Waals surface area contributed by atoms with Crippen molar-refractivity contribution in [3.05, 3.63) is 73.0 Å². The van der Waals surface area contributed by atoms with E-state index in [2.05, 4.69) is 54.9 Å². The minimum absolute atomic E-state index is 0.0350. The zero-order valence-corrected chi connectivity index (χ0v) is 18.1. The first-order valence-electron chi connectivity index (χ1n) is 10.5. The Kier molecular flexibility index (Phi) is 5.02. The first-order chi connectivity index (χ1) is 15.7. The molecule has 10 heteroatoms. The number of aryl methyl sites for hydroxylation is 1. The number of anilines is 3. The molecule has 1 unspecified atom stereocenters. The van der Waals surface area contributed by atoms with Gasteiger partial charge < -0.3 is 15.5 Å². The van der Waals surface area contributed by atoms with Gasteiger partial charge in [0.05, 0.1) is 17.9 Å². The Balaban J connectivity index is 1.68. The number of benzene rings is 1. The van der Waals surface area contributed by atoms with Gasteiger partial charge in [-0.1, -0.05) is 13.0 Å². The number of nitrogens with one attached hydrogen (secondary N) is 2. The molecule has 0 aliphatic carbocycles. The van der Waals surface area contributed by atoms with Gasteiger partial charge in [0.15, 0.2) is 11.6 Å². The lowest BCUT2D eigenvalue weighted by molar-refractivity contribution is 0.588. The van der Waals surface area contributed by atoms with Gasteiger partial charge in [0.25, 0.3) is 0 Å². The molecule has 4 aromatic rings. The predicted molar refractivity (Wildman–Crippen MR) is 122 cm³/mol. The molecule has 0 radical (unpaired) electrons. The third-order valence-corrected chi connectivity index (χ3v) is 5.40. The monoisotopic (exact) mass is 428 g/mol. The molecule has 1 aliphatic heterocycles. The Morgan fingerprint density at radius 3 is 2.78 bits per heavy atom. The molecule has 0 spiro atoms. The molecule has 3 aromatic heterocycles. The Morgan fingerprint density at radius 2 is 2.00 bits per heavy atom. The summed E-state index contributed by atoms with van der Waals surface area (Å²) in [6.45, 7) is 4.09. The van der Waals surface area contributed by atoms with Gasteiger partial charge in [-0.15, -0.1) is 10.2 Å². The summed E-state index contributed by atoms with van der Waals surface area (Å²) in [6.07, 6.45) is 9.89. The maximum atomic E-state index is 4.88. The Labute approximate surface area is 185 Å². The van der Waals surface area contributed by atoms with Gasteiger partial charge in [0.2, 0.25) is 5.95 Å². The normalized spacial score (nSPS) is 15.0. The molecule has 0 saturated heterocycles. The van der Waals surface area contributed by atoms with Gasteiger partial charge >= 0.3 is 0 Å². The maximum absolute atomic E-state index is 4.88. The zero-order valence-electron chi connectivity index (χ0n) is 18.1. The van der Waals surface area contributed by atoms with E-state index < -0.39 is 0 Å². The van der Waals surface area contributed by atoms with Crippen LogP contribution in [0, 0.1) is 6.92 Å². The largest absolute Gasteiger partial charge is 0.393 e. The maximum Gasteiger partial charge on any atom is 0.228 e. The highest BCUT2D eigenvalue weighted by atomic mass is 15.4. The number of hydrogen-bond donors (Lipinski definition) is 2. The van der Waals surface area contributed by atoms with Crippen LogP contribution in [0.25, 0.3) is 11.4 Å². The number of nitrogens with zero attached hydrogens (tertiary/aromatic N) is 8. The van der Waals surface area contributed by atoms with Crippen LogP contribution >= 0.6 is 0 Å². The molecule has 5 rings (SSSR count). The summed E-state index contributed by atoms with van der Waals surface area (Å²) in [5.74, 6) is 2.98. The highest BCUT2D eigenvalue weighted by Crippen LogP contribution is 2.44. The second-order valence-corrected chi connectivity index (χ2v) is 7.37. The van der Waals surface area contributed by atoms with E-state index in [1.54, 1.807) is 18.6 Å². The third kappa shape index (κ3) is 3.25. The third-order valence-electron chi connectivity index (χ3n) is 5.40. The molecule has 0 bridgehead atoms. The van der Waals surface area contributed by atoms with Crippen molar-refractivity contribution in [3.63, 3.8) is 0 Å². The van der Waals surface area contributed by atoms with Gasteiger partial charge in [-0.3, -0.25) is 4.57 Å². The highest BCUT2D eigenvalue weighted by Gasteiger charge is 2.36. The van der Waals surface area contributed by atoms with Crippen molar-refractivity contribution in [1.82, 2.24) is 39.8 Å². The topological polar surface area (TPSA) is 102 Å². The summed E-state index contributed by atoms with van der Waals surface area (Å²) in [6, 6.07) is 10.1. The molecule has 4 heterocycles. The van der Waals surface area contributed by atoms with E-state index in [0.29, 0.717) is 5.95 Å². The van der Waals surface area contributed by atoms with E-state index in [1.807, 2.05) is 53.8 Å². The molecule has 0 fully saturated rings. The molecule has 10 nitrogen and oxygen atoms in total. The molecule has 162 valence electrons. The summed E-state index contributed by atoms with van der Waals surface area (Å²) in [5, 5.41) is 19.3. The zero-order chi connectivity index (χ0) is 22.1. The molecule has 1 aliphatic rings. The van der Waals surface area contributed by atoms with E-state index in [1.165, 1.54) is 0 Å². The van der Waals surface area contributed by atoms with Crippen molar-refractivity contribution in [2.45, 2.75) is 26.3 Å². The van der Waals surface area contributed by atoms with Crippen molar-refractivity contribution < 1.29 is 0 Å². The summed E-state index contributed by atoms with van der Waals surface area (Å²) < 4.78 is 3.89. The van der Waals surface area contributed by atoms with Gasteiger partial charge in [-0.2, -0.15) is 10.1 Å². The van der Waals surface area contributed by atoms with E-state index in [4.69, 9.17) is 4.98 Å². The van der Waals surface area contributed by atoms with Crippen LogP contribution in [0.2, 0.25) is 0 Å². The SMILES string of the molecule is CCC1c2nnc(C)n2-c2cnc(N/C=C\NC)nc2N1c1cccc(-n2cccn2)c1. The average molecular weight is 429 g/mol. The van der Waals surface area contributed by atoms with Gasteiger partial charge in [0.1, 0.15) is 11.5 Å². The molecule has 1 atom stereocenters. The van der Waals surface area contributed by atoms with Crippen LogP contribution in [0.15, 0.2) is 61.3 Å². The minimum atomic E-state index is -0.0350. The van der Waals surface area contributed by atoms with Crippen LogP contribution in [0.4, 0.5) is 17.5 Å². The summed E-state index contributed by atoms with van der Waals surface area (Å²) >= 11 is 0. The minimum Gasteiger partial charge on any atom is -0.393 e. The van der Waals surface area contributed by atoms with Crippen molar-refractivity contribution in [1.29, 1.82) is 0 Å². The van der Waals surface area contributed by atoms with E-state index in [0.717, 1.165) is 40.9 Å². The molecular formula is C22H24N10. The van der Waals surface area contributed by atoms with Crippen LogP contribution in [0.3, 0.4) is 0 Å². The predicted octanol–water partition coefficient (Wildman–Crippen LogP) is 3.26. The molecular weight excluding hydrogens is 404 g/mol. The van der Waals surface area contributed by atoms with Crippen LogP contribution in [0.1, 0.15) is 31.0 Å². The van der Waals surface area contributed by atoms with E-state index >= 15 is 0 Å². The molecule has 32 heavy (non-hydrogen) atoms. The molecule has 1 aromatic carbocycles. The lowest BCUT2D eigenvalue weighted by atomic mass is 10.1. The van der Waals surface area contributed by atoms with Crippen LogP contribution in [-0.4, -0.2) is 41.6 Å². The van der Waals surface area contributed by atoms with Gasteiger partial charge in [0, 0.05) is 37.5 Å². The second kappa shape index (κ2) is 8.14. The van der Waals surface area contributed by atoms with Crippen LogP contribution in [-0.2, 0) is 0 Å². The fourth-order valence-electron chi connectivity index (χ4n) is 4.00. The first-order valence-corrected chi connectivity index (χ1v) is 10.5. The Morgan fingerprint density at radius 1 is 1.12 bits per heavy atom. The smallest absolute Gasteiger partial charge is 0.228 e. The number of aromatic nitrogens is 7. The highest BCUT2D eigenvalue weighted by molar-refractivity contribution is 5.73. The van der Waals surface area contributed by atoms with Crippen molar-refractivity contribution in [2.75, 3.05) is 17.3 Å². The van der Waals surface area contributed by atoms with E-state index in [-0.39, 0.29) is 6.04 Å². The Hall–Kier alpha value is -4.21. The lowest BCUT2D eigenvalue weighted by Crippen LogP contribution is -2.32. The number of fused-ring (bicyclic) bond motifs is 3. The standard InChI is InChI=1S/C22H24N10/c1-4-18-21-29-28-15(2)31(21)19-14-25-22(24-11-10-23-3)27-20(19)32(18)17-8-5-7-16(13-17)30-12-6-9-26-30/h5-14,18,23H,4H2,1-3H3,(H,24,25,27)/b11-10-. The van der Waals surface area contributed by atoms with Crippen molar-refractivity contribution in [2.24, 2.45) is 0 Å².